The summed E-state index contributed by atoms with van der Waals surface area (Å²) in [6, 6.07) is 7.59. The van der Waals surface area contributed by atoms with Crippen molar-refractivity contribution in [3.05, 3.63) is 41.0 Å². The molecule has 7 nitrogen and oxygen atoms in total. The molecule has 0 bridgehead atoms. The molecular weight excluding hydrogens is 463 g/mol. The normalized spacial score (nSPS) is 16.8. The van der Waals surface area contributed by atoms with E-state index in [4.69, 9.17) is 16.3 Å². The van der Waals surface area contributed by atoms with Crippen LogP contribution in [-0.2, 0) is 9.53 Å². The first-order valence-corrected chi connectivity index (χ1v) is 10.7. The SMILES string of the molecule is CC(C)(O)CCC(=O)CN1CC(COCC(F)(F)F)n2nc(-c3ccc(Cl)cc3)cc2C1=O. The number of aliphatic hydroxyl groups is 1. The average Bonchev–Trinajstić information content (AvgIpc) is 3.15. The second-order valence-corrected chi connectivity index (χ2v) is 9.12. The zero-order valence-electron chi connectivity index (χ0n) is 18.2. The number of fused-ring (bicyclic) bond motifs is 1. The smallest absolute Gasteiger partial charge is 0.390 e. The number of alkyl halides is 3. The Hall–Kier alpha value is -2.43. The van der Waals surface area contributed by atoms with Gasteiger partial charge in [0, 0.05) is 23.6 Å². The number of hydrogen-bond acceptors (Lipinski definition) is 5. The van der Waals surface area contributed by atoms with Gasteiger partial charge in [0.05, 0.1) is 30.5 Å². The zero-order chi connectivity index (χ0) is 24.4. The molecule has 2 heterocycles. The van der Waals surface area contributed by atoms with E-state index in [0.29, 0.717) is 16.3 Å². The van der Waals surface area contributed by atoms with Crippen molar-refractivity contribution in [1.82, 2.24) is 14.7 Å². The number of Topliss-reactive ketones (excluding diaryl/α,β-unsaturated/α-hetero) is 1. The minimum absolute atomic E-state index is 0.0281. The molecule has 1 atom stereocenters. The number of carbonyl (C=O) groups is 2. The van der Waals surface area contributed by atoms with Gasteiger partial charge >= 0.3 is 6.18 Å². The third-order valence-corrected chi connectivity index (χ3v) is 5.37. The molecule has 0 saturated heterocycles. The van der Waals surface area contributed by atoms with Gasteiger partial charge in [-0.25, -0.2) is 0 Å². The van der Waals surface area contributed by atoms with Crippen molar-refractivity contribution in [1.29, 1.82) is 0 Å². The van der Waals surface area contributed by atoms with E-state index in [1.807, 2.05) is 0 Å². The fourth-order valence-corrected chi connectivity index (χ4v) is 3.60. The van der Waals surface area contributed by atoms with Gasteiger partial charge in [0.1, 0.15) is 12.3 Å². The molecule has 0 fully saturated rings. The molecule has 33 heavy (non-hydrogen) atoms. The molecule has 1 aromatic heterocycles. The summed E-state index contributed by atoms with van der Waals surface area (Å²) in [5.41, 5.74) is 0.256. The molecule has 1 unspecified atom stereocenters. The minimum atomic E-state index is -4.49. The predicted octanol–water partition coefficient (Wildman–Crippen LogP) is 3.90. The summed E-state index contributed by atoms with van der Waals surface area (Å²) in [7, 11) is 0. The van der Waals surface area contributed by atoms with Gasteiger partial charge in [-0.1, -0.05) is 23.7 Å². The molecule has 3 rings (SSSR count). The molecule has 2 aromatic rings. The van der Waals surface area contributed by atoms with Crippen molar-refractivity contribution >= 4 is 23.3 Å². The van der Waals surface area contributed by atoms with Gasteiger partial charge in [-0.3, -0.25) is 14.3 Å². The Labute approximate surface area is 194 Å². The second-order valence-electron chi connectivity index (χ2n) is 8.69. The molecular formula is C22H25ClF3N3O4. The molecule has 1 N–H and O–H groups in total. The minimum Gasteiger partial charge on any atom is -0.390 e. The fraction of sp³-hybridized carbons (Fsp3) is 0.500. The van der Waals surface area contributed by atoms with Crippen LogP contribution in [0.4, 0.5) is 13.2 Å². The number of hydrogen-bond donors (Lipinski definition) is 1. The lowest BCUT2D eigenvalue weighted by molar-refractivity contribution is -0.176. The molecule has 1 amide bonds. The number of ether oxygens (including phenoxy) is 1. The molecule has 1 aliphatic heterocycles. The Morgan fingerprint density at radius 3 is 2.55 bits per heavy atom. The Balaban J connectivity index is 1.83. The number of amides is 1. The third kappa shape index (κ3) is 7.02. The molecule has 0 radical (unpaired) electrons. The highest BCUT2D eigenvalue weighted by Gasteiger charge is 2.35. The monoisotopic (exact) mass is 487 g/mol. The van der Waals surface area contributed by atoms with Crippen LogP contribution in [-0.4, -0.2) is 69.6 Å². The van der Waals surface area contributed by atoms with Crippen LogP contribution in [0.25, 0.3) is 11.3 Å². The number of carbonyl (C=O) groups excluding carboxylic acids is 2. The Bertz CT molecular complexity index is 1000. The third-order valence-electron chi connectivity index (χ3n) is 5.12. The van der Waals surface area contributed by atoms with Crippen molar-refractivity contribution in [3.63, 3.8) is 0 Å². The van der Waals surface area contributed by atoms with Crippen LogP contribution in [0.2, 0.25) is 5.02 Å². The molecule has 0 spiro atoms. The number of halogens is 4. The summed E-state index contributed by atoms with van der Waals surface area (Å²) < 4.78 is 43.9. The van der Waals surface area contributed by atoms with Crippen molar-refractivity contribution in [2.45, 2.75) is 44.5 Å². The van der Waals surface area contributed by atoms with Crippen LogP contribution in [0.3, 0.4) is 0 Å². The van der Waals surface area contributed by atoms with E-state index < -0.39 is 30.3 Å². The van der Waals surface area contributed by atoms with Gasteiger partial charge in [-0.2, -0.15) is 18.3 Å². The molecule has 1 aromatic carbocycles. The molecule has 11 heteroatoms. The number of rotatable bonds is 9. The standard InChI is InChI=1S/C22H25ClF3N3O4/c1-21(2,32)8-7-17(30)11-28-10-16(12-33-13-22(24,25)26)29-19(20(28)31)9-18(27-29)14-3-5-15(23)6-4-14/h3-6,9,16,32H,7-8,10-13H2,1-2H3. The van der Waals surface area contributed by atoms with E-state index in [0.717, 1.165) is 0 Å². The van der Waals surface area contributed by atoms with E-state index in [1.54, 1.807) is 38.1 Å². The number of aromatic nitrogens is 2. The van der Waals surface area contributed by atoms with E-state index >= 15 is 0 Å². The number of ketones is 1. The molecule has 1 aliphatic rings. The Morgan fingerprint density at radius 2 is 1.94 bits per heavy atom. The maximum Gasteiger partial charge on any atom is 0.411 e. The van der Waals surface area contributed by atoms with Gasteiger partial charge in [0.2, 0.25) is 0 Å². The molecule has 180 valence electrons. The van der Waals surface area contributed by atoms with Gasteiger partial charge < -0.3 is 14.7 Å². The van der Waals surface area contributed by atoms with Crippen LogP contribution in [0.5, 0.6) is 0 Å². The summed E-state index contributed by atoms with van der Waals surface area (Å²) in [6.45, 7) is 1.15. The highest BCUT2D eigenvalue weighted by Crippen LogP contribution is 2.28. The summed E-state index contributed by atoms with van der Waals surface area (Å²) in [5.74, 6) is -0.710. The van der Waals surface area contributed by atoms with Crippen LogP contribution in [0.1, 0.15) is 43.2 Å². The second kappa shape index (κ2) is 9.82. The average molecular weight is 488 g/mol. The first-order valence-electron chi connectivity index (χ1n) is 10.4. The van der Waals surface area contributed by atoms with Gasteiger partial charge in [-0.05, 0) is 38.5 Å². The lowest BCUT2D eigenvalue weighted by Crippen LogP contribution is -2.47. The maximum atomic E-state index is 13.1. The highest BCUT2D eigenvalue weighted by molar-refractivity contribution is 6.30. The van der Waals surface area contributed by atoms with Gasteiger partial charge in [0.15, 0.2) is 5.78 Å². The van der Waals surface area contributed by atoms with Crippen molar-refractivity contribution < 1.29 is 32.6 Å². The van der Waals surface area contributed by atoms with Gasteiger partial charge in [0.25, 0.3) is 5.91 Å². The molecule has 0 saturated carbocycles. The lowest BCUT2D eigenvalue weighted by Gasteiger charge is -2.33. The quantitative estimate of drug-likeness (QED) is 0.580. The summed E-state index contributed by atoms with van der Waals surface area (Å²) >= 11 is 5.92. The van der Waals surface area contributed by atoms with E-state index in [1.165, 1.54) is 15.6 Å². The van der Waals surface area contributed by atoms with Crippen LogP contribution < -0.4 is 0 Å². The van der Waals surface area contributed by atoms with E-state index in [9.17, 15) is 27.9 Å². The van der Waals surface area contributed by atoms with Crippen LogP contribution in [0, 0.1) is 0 Å². The fourth-order valence-electron chi connectivity index (χ4n) is 3.48. The Morgan fingerprint density at radius 1 is 1.27 bits per heavy atom. The van der Waals surface area contributed by atoms with Crippen molar-refractivity contribution in [3.8, 4) is 11.3 Å². The molecule has 0 aliphatic carbocycles. The number of benzene rings is 1. The lowest BCUT2D eigenvalue weighted by atomic mass is 10.0. The largest absolute Gasteiger partial charge is 0.411 e. The first kappa shape index (κ1) is 25.2. The van der Waals surface area contributed by atoms with Crippen LogP contribution in [0.15, 0.2) is 30.3 Å². The summed E-state index contributed by atoms with van der Waals surface area (Å²) in [6.07, 6.45) is -4.19. The highest BCUT2D eigenvalue weighted by atomic mass is 35.5. The first-order chi connectivity index (χ1) is 15.3. The van der Waals surface area contributed by atoms with Gasteiger partial charge in [-0.15, -0.1) is 0 Å². The maximum absolute atomic E-state index is 13.1. The summed E-state index contributed by atoms with van der Waals surface area (Å²) in [4.78, 5) is 26.7. The predicted molar refractivity (Wildman–Crippen MR) is 115 cm³/mol. The zero-order valence-corrected chi connectivity index (χ0v) is 19.0. The number of nitrogens with zero attached hydrogens (tertiary/aromatic N) is 3. The van der Waals surface area contributed by atoms with Crippen LogP contribution >= 0.6 is 11.6 Å². The summed E-state index contributed by atoms with van der Waals surface area (Å²) in [5, 5.41) is 14.8. The van der Waals surface area contributed by atoms with E-state index in [-0.39, 0.29) is 44.0 Å². The van der Waals surface area contributed by atoms with E-state index in [2.05, 4.69) is 5.10 Å². The van der Waals surface area contributed by atoms with Crippen molar-refractivity contribution in [2.24, 2.45) is 0 Å². The Kier molecular flexibility index (Phi) is 7.50. The van der Waals surface area contributed by atoms with Crippen molar-refractivity contribution in [2.75, 3.05) is 26.3 Å². The topological polar surface area (TPSA) is 84.7 Å².